The minimum Gasteiger partial charge on any atom is -0.382 e. The summed E-state index contributed by atoms with van der Waals surface area (Å²) in [6.45, 7) is 3.18. The van der Waals surface area contributed by atoms with Crippen molar-refractivity contribution < 1.29 is 8.42 Å². The van der Waals surface area contributed by atoms with Gasteiger partial charge in [0, 0.05) is 54.5 Å². The first-order chi connectivity index (χ1) is 14.5. The predicted molar refractivity (Wildman–Crippen MR) is 120 cm³/mol. The molecule has 2 aromatic heterocycles. The second-order valence-corrected chi connectivity index (χ2v) is 10.6. The molecule has 3 heterocycles. The number of nitrogens with one attached hydrogen (secondary N) is 1. The fourth-order valence-corrected chi connectivity index (χ4v) is 6.13. The first-order valence-corrected chi connectivity index (χ1v) is 12.1. The Morgan fingerprint density at radius 3 is 2.53 bits per heavy atom. The van der Waals surface area contributed by atoms with Gasteiger partial charge in [0.2, 0.25) is 10.0 Å². The standard InChI is InChI=1S/C23H26N4O2S/c1-16-12-17(5-9-25-16)19-13-18-4-8-24-15-22(18)23(14-19)26-20-6-10-27(11-7-20)30(28,29)21-2-3-21/h4-5,8-9,12-15,20-21,26H,2-3,6-7,10-11H2,1H3. The van der Waals surface area contributed by atoms with E-state index in [1.807, 2.05) is 37.6 Å². The lowest BCUT2D eigenvalue weighted by Crippen LogP contribution is -2.43. The number of hydrogen-bond acceptors (Lipinski definition) is 5. The topological polar surface area (TPSA) is 75.2 Å². The zero-order valence-corrected chi connectivity index (χ0v) is 17.9. The van der Waals surface area contributed by atoms with Gasteiger partial charge in [-0.05, 0) is 79.5 Å². The minimum atomic E-state index is -3.08. The van der Waals surface area contributed by atoms with Crippen LogP contribution in [-0.4, -0.2) is 47.1 Å². The molecule has 0 spiro atoms. The molecule has 1 N–H and O–H groups in total. The fraction of sp³-hybridized carbons (Fsp3) is 0.391. The molecule has 0 unspecified atom stereocenters. The van der Waals surface area contributed by atoms with Crippen molar-refractivity contribution in [1.82, 2.24) is 14.3 Å². The number of fused-ring (bicyclic) bond motifs is 1. The lowest BCUT2D eigenvalue weighted by molar-refractivity contribution is 0.329. The molecule has 3 aromatic rings. The van der Waals surface area contributed by atoms with Gasteiger partial charge in [-0.2, -0.15) is 0 Å². The number of aromatic nitrogens is 2. The van der Waals surface area contributed by atoms with E-state index in [0.29, 0.717) is 13.1 Å². The smallest absolute Gasteiger partial charge is 0.216 e. The van der Waals surface area contributed by atoms with Crippen LogP contribution in [0.3, 0.4) is 0 Å². The van der Waals surface area contributed by atoms with Crippen LogP contribution in [0.15, 0.2) is 48.9 Å². The van der Waals surface area contributed by atoms with Crippen molar-refractivity contribution in [3.63, 3.8) is 0 Å². The SMILES string of the molecule is Cc1cc(-c2cc(NC3CCN(S(=O)(=O)C4CC4)CC3)c3cnccc3c2)ccn1. The molecule has 1 aliphatic heterocycles. The van der Waals surface area contributed by atoms with Crippen LogP contribution in [0.5, 0.6) is 0 Å². The molecule has 1 aromatic carbocycles. The van der Waals surface area contributed by atoms with Crippen molar-refractivity contribution in [1.29, 1.82) is 0 Å². The van der Waals surface area contributed by atoms with E-state index in [-0.39, 0.29) is 11.3 Å². The first-order valence-electron chi connectivity index (χ1n) is 10.6. The van der Waals surface area contributed by atoms with E-state index in [1.165, 1.54) is 0 Å². The fourth-order valence-electron chi connectivity index (χ4n) is 4.26. The number of aryl methyl sites for hydroxylation is 1. The Bertz CT molecular complexity index is 1180. The molecule has 156 valence electrons. The maximum absolute atomic E-state index is 12.5. The molecule has 5 rings (SSSR count). The maximum atomic E-state index is 12.5. The van der Waals surface area contributed by atoms with Gasteiger partial charge in [-0.25, -0.2) is 12.7 Å². The van der Waals surface area contributed by atoms with Crippen LogP contribution in [0.1, 0.15) is 31.4 Å². The van der Waals surface area contributed by atoms with E-state index >= 15 is 0 Å². The zero-order chi connectivity index (χ0) is 20.7. The zero-order valence-electron chi connectivity index (χ0n) is 17.1. The van der Waals surface area contributed by atoms with Crippen molar-refractivity contribution >= 4 is 26.5 Å². The molecule has 0 bridgehead atoms. The highest BCUT2D eigenvalue weighted by molar-refractivity contribution is 7.90. The molecule has 1 aliphatic carbocycles. The highest BCUT2D eigenvalue weighted by atomic mass is 32.2. The van der Waals surface area contributed by atoms with E-state index < -0.39 is 10.0 Å². The van der Waals surface area contributed by atoms with Gasteiger partial charge in [0.15, 0.2) is 0 Å². The van der Waals surface area contributed by atoms with Gasteiger partial charge < -0.3 is 5.32 Å². The van der Waals surface area contributed by atoms with Crippen molar-refractivity contribution in [2.75, 3.05) is 18.4 Å². The van der Waals surface area contributed by atoms with E-state index in [9.17, 15) is 8.42 Å². The quantitative estimate of drug-likeness (QED) is 0.673. The van der Waals surface area contributed by atoms with Gasteiger partial charge in [0.25, 0.3) is 0 Å². The Labute approximate surface area is 177 Å². The average Bonchev–Trinajstić information content (AvgIpc) is 3.60. The third-order valence-corrected chi connectivity index (χ3v) is 8.50. The average molecular weight is 423 g/mol. The van der Waals surface area contributed by atoms with Gasteiger partial charge in [-0.15, -0.1) is 0 Å². The van der Waals surface area contributed by atoms with Crippen molar-refractivity contribution in [3.05, 3.63) is 54.6 Å². The van der Waals surface area contributed by atoms with Crippen LogP contribution in [0.2, 0.25) is 0 Å². The summed E-state index contributed by atoms with van der Waals surface area (Å²) < 4.78 is 26.7. The number of pyridine rings is 2. The van der Waals surface area contributed by atoms with Gasteiger partial charge in [0.05, 0.1) is 5.25 Å². The summed E-state index contributed by atoms with van der Waals surface area (Å²) in [6, 6.07) is 10.7. The molecule has 1 saturated heterocycles. The van der Waals surface area contributed by atoms with Gasteiger partial charge in [-0.1, -0.05) is 0 Å². The number of anilines is 1. The second-order valence-electron chi connectivity index (χ2n) is 8.37. The number of benzene rings is 1. The summed E-state index contributed by atoms with van der Waals surface area (Å²) in [5.41, 5.74) is 4.31. The molecular formula is C23H26N4O2S. The summed E-state index contributed by atoms with van der Waals surface area (Å²) in [4.78, 5) is 8.62. The minimum absolute atomic E-state index is 0.127. The number of hydrogen-bond donors (Lipinski definition) is 1. The van der Waals surface area contributed by atoms with E-state index in [1.54, 1.807) is 4.31 Å². The van der Waals surface area contributed by atoms with Crippen LogP contribution >= 0.6 is 0 Å². The first kappa shape index (κ1) is 19.5. The molecule has 0 atom stereocenters. The van der Waals surface area contributed by atoms with Gasteiger partial charge in [-0.3, -0.25) is 9.97 Å². The molecule has 2 fully saturated rings. The lowest BCUT2D eigenvalue weighted by atomic mass is 9.99. The Morgan fingerprint density at radius 1 is 1.00 bits per heavy atom. The number of piperidine rings is 1. The lowest BCUT2D eigenvalue weighted by Gasteiger charge is -2.32. The van der Waals surface area contributed by atoms with Crippen molar-refractivity contribution in [2.45, 2.75) is 43.9 Å². The van der Waals surface area contributed by atoms with E-state index in [2.05, 4.69) is 33.5 Å². The monoisotopic (exact) mass is 422 g/mol. The van der Waals surface area contributed by atoms with Crippen LogP contribution < -0.4 is 5.32 Å². The van der Waals surface area contributed by atoms with Crippen LogP contribution in [0.25, 0.3) is 21.9 Å². The highest BCUT2D eigenvalue weighted by Crippen LogP contribution is 2.34. The van der Waals surface area contributed by atoms with Crippen molar-refractivity contribution in [2.24, 2.45) is 0 Å². The molecule has 2 aliphatic rings. The summed E-state index contributed by atoms with van der Waals surface area (Å²) in [5.74, 6) is 0. The normalized spacial score (nSPS) is 18.6. The summed E-state index contributed by atoms with van der Waals surface area (Å²) in [5, 5.41) is 5.78. The van der Waals surface area contributed by atoms with Crippen molar-refractivity contribution in [3.8, 4) is 11.1 Å². The third-order valence-electron chi connectivity index (χ3n) is 6.10. The Morgan fingerprint density at radius 2 is 1.80 bits per heavy atom. The van der Waals surface area contributed by atoms with Gasteiger partial charge >= 0.3 is 0 Å². The van der Waals surface area contributed by atoms with Gasteiger partial charge in [0.1, 0.15) is 0 Å². The largest absolute Gasteiger partial charge is 0.382 e. The Hall–Kier alpha value is -2.51. The van der Waals surface area contributed by atoms with Crippen LogP contribution in [0, 0.1) is 6.92 Å². The number of rotatable bonds is 5. The Kier molecular flexibility index (Phi) is 4.95. The number of nitrogens with zero attached hydrogens (tertiary/aromatic N) is 3. The molecular weight excluding hydrogens is 396 g/mol. The van der Waals surface area contributed by atoms with Crippen LogP contribution in [0.4, 0.5) is 5.69 Å². The Balaban J connectivity index is 1.40. The second kappa shape index (κ2) is 7.63. The predicted octanol–water partition coefficient (Wildman–Crippen LogP) is 3.97. The third kappa shape index (κ3) is 3.79. The summed E-state index contributed by atoms with van der Waals surface area (Å²) >= 11 is 0. The molecule has 1 saturated carbocycles. The van der Waals surface area contributed by atoms with Crippen LogP contribution in [-0.2, 0) is 10.0 Å². The molecule has 6 nitrogen and oxygen atoms in total. The van der Waals surface area contributed by atoms with E-state index in [0.717, 1.165) is 59.0 Å². The molecule has 0 radical (unpaired) electrons. The van der Waals surface area contributed by atoms with E-state index in [4.69, 9.17) is 0 Å². The molecule has 7 heteroatoms. The summed E-state index contributed by atoms with van der Waals surface area (Å²) in [7, 11) is -3.08. The highest BCUT2D eigenvalue weighted by Gasteiger charge is 2.41. The molecule has 0 amide bonds. The number of sulfonamides is 1. The molecule has 30 heavy (non-hydrogen) atoms. The maximum Gasteiger partial charge on any atom is 0.216 e. The summed E-state index contributed by atoms with van der Waals surface area (Å²) in [6.07, 6.45) is 8.81.